The summed E-state index contributed by atoms with van der Waals surface area (Å²) in [5, 5.41) is 1.32. The molecule has 2 aromatic carbocycles. The van der Waals surface area contributed by atoms with Crippen molar-refractivity contribution < 1.29 is 0 Å². The van der Waals surface area contributed by atoms with Gasteiger partial charge in [0.25, 0.3) is 0 Å². The predicted octanol–water partition coefficient (Wildman–Crippen LogP) is 3.52. The molecular weight excluding hydrogens is 346 g/mol. The van der Waals surface area contributed by atoms with Crippen LogP contribution >= 0.6 is 23.2 Å². The van der Waals surface area contributed by atoms with Crippen molar-refractivity contribution in [1.82, 2.24) is 0 Å². The molecule has 0 aliphatic heterocycles. The van der Waals surface area contributed by atoms with Crippen LogP contribution in [0, 0.1) is 0 Å². The van der Waals surface area contributed by atoms with Crippen LogP contribution in [0.5, 0.6) is 0 Å². The van der Waals surface area contributed by atoms with Crippen LogP contribution in [0.2, 0.25) is 10.0 Å². The van der Waals surface area contributed by atoms with Gasteiger partial charge in [-0.1, -0.05) is 0 Å². The average molecular weight is 356 g/mol. The Balaban J connectivity index is 2.03. The van der Waals surface area contributed by atoms with Gasteiger partial charge >= 0.3 is 116 Å². The van der Waals surface area contributed by atoms with Crippen LogP contribution in [0.3, 0.4) is 0 Å². The van der Waals surface area contributed by atoms with Gasteiger partial charge in [0.15, 0.2) is 0 Å². The van der Waals surface area contributed by atoms with Crippen molar-refractivity contribution >= 4 is 47.9 Å². The van der Waals surface area contributed by atoms with Gasteiger partial charge in [0.2, 0.25) is 0 Å². The minimum absolute atomic E-state index is 0.576. The molecule has 0 saturated heterocycles. The van der Waals surface area contributed by atoms with Crippen LogP contribution in [0.1, 0.15) is 5.56 Å². The van der Waals surface area contributed by atoms with E-state index in [9.17, 15) is 0 Å². The molecule has 3 heteroatoms. The first-order chi connectivity index (χ1) is 7.75. The predicted molar refractivity (Wildman–Crippen MR) is 72.0 cm³/mol. The van der Waals surface area contributed by atoms with E-state index < -0.39 is 21.1 Å². The number of benzene rings is 2. The normalized spacial score (nSPS) is 10.4. The summed E-state index contributed by atoms with van der Waals surface area (Å²) >= 11 is 11.3. The summed E-state index contributed by atoms with van der Waals surface area (Å²) in [4.78, 5) is 0. The summed E-state index contributed by atoms with van der Waals surface area (Å²) in [6, 6.07) is 16.6. The molecule has 80 valence electrons. The Morgan fingerprint density at radius 2 is 1.62 bits per heavy atom. The van der Waals surface area contributed by atoms with E-state index in [2.05, 4.69) is 30.3 Å². The monoisotopic (exact) mass is 356 g/mol. The second-order valence-electron chi connectivity index (χ2n) is 3.47. The first kappa shape index (κ1) is 12.3. The van der Waals surface area contributed by atoms with E-state index in [-0.39, 0.29) is 0 Å². The molecule has 2 aromatic rings. The summed E-state index contributed by atoms with van der Waals surface area (Å²) in [7, 11) is 0. The molecule has 0 aliphatic rings. The van der Waals surface area contributed by atoms with E-state index in [1.165, 1.54) is 13.6 Å². The van der Waals surface area contributed by atoms with Crippen LogP contribution in [-0.4, -0.2) is 21.1 Å². The number of hydrogen-bond acceptors (Lipinski definition) is 0. The van der Waals surface area contributed by atoms with E-state index in [0.29, 0.717) is 10.0 Å². The van der Waals surface area contributed by atoms with E-state index in [4.69, 9.17) is 23.2 Å². The Bertz CT molecular complexity index is 469. The standard InChI is InChI=1S/C7H7.C6H3Cl2.Sn/c1-7-5-3-2-4-6-7;7-5-3-1-2-4-6(5)8;/h2-6H,1H2;1,3-4H;. The van der Waals surface area contributed by atoms with Crippen molar-refractivity contribution in [3.63, 3.8) is 0 Å². The van der Waals surface area contributed by atoms with Crippen LogP contribution < -0.4 is 3.58 Å². The molecule has 0 N–H and O–H groups in total. The van der Waals surface area contributed by atoms with Crippen molar-refractivity contribution in [3.05, 3.63) is 64.1 Å². The maximum absolute atomic E-state index is 5.99. The Hall–Kier alpha value is -0.181. The molecule has 2 radical (unpaired) electrons. The van der Waals surface area contributed by atoms with E-state index in [1.54, 1.807) is 0 Å². The van der Waals surface area contributed by atoms with Crippen LogP contribution in [0.25, 0.3) is 0 Å². The summed E-state index contributed by atoms with van der Waals surface area (Å²) in [6.45, 7) is 0. The molecule has 0 nitrogen and oxygen atoms in total. The quantitative estimate of drug-likeness (QED) is 0.739. The van der Waals surface area contributed by atoms with E-state index in [1.807, 2.05) is 18.2 Å². The molecule has 16 heavy (non-hydrogen) atoms. The third-order valence-corrected chi connectivity index (χ3v) is 6.72. The third kappa shape index (κ3) is 3.41. The number of hydrogen-bond donors (Lipinski definition) is 0. The molecule has 0 aliphatic carbocycles. The van der Waals surface area contributed by atoms with Gasteiger partial charge < -0.3 is 0 Å². The number of halogens is 2. The Labute approximate surface area is 116 Å². The van der Waals surface area contributed by atoms with Gasteiger partial charge in [-0.3, -0.25) is 0 Å². The fourth-order valence-electron chi connectivity index (χ4n) is 1.41. The second kappa shape index (κ2) is 5.94. The zero-order valence-electron chi connectivity index (χ0n) is 8.58. The Morgan fingerprint density at radius 1 is 0.875 bits per heavy atom. The van der Waals surface area contributed by atoms with Gasteiger partial charge in [-0.05, 0) is 0 Å². The molecule has 0 aromatic heterocycles. The van der Waals surface area contributed by atoms with Gasteiger partial charge in [-0.2, -0.15) is 0 Å². The molecule has 2 rings (SSSR count). The zero-order chi connectivity index (χ0) is 11.4. The molecular formula is C13H10Cl2Sn. The van der Waals surface area contributed by atoms with Crippen molar-refractivity contribution in [2.75, 3.05) is 0 Å². The zero-order valence-corrected chi connectivity index (χ0v) is 12.9. The Kier molecular flexibility index (Phi) is 4.56. The molecule has 0 spiro atoms. The second-order valence-corrected chi connectivity index (χ2v) is 7.95. The van der Waals surface area contributed by atoms with Gasteiger partial charge in [0.05, 0.1) is 0 Å². The fourth-order valence-corrected chi connectivity index (χ4v) is 5.08. The fraction of sp³-hybridized carbons (Fsp3) is 0.0769. The van der Waals surface area contributed by atoms with Crippen molar-refractivity contribution in [2.24, 2.45) is 0 Å². The van der Waals surface area contributed by atoms with Crippen LogP contribution in [0.4, 0.5) is 0 Å². The minimum atomic E-state index is -0.576. The summed E-state index contributed by atoms with van der Waals surface area (Å²) < 4.78 is 2.59. The number of rotatable bonds is 3. The molecule has 0 bridgehead atoms. The van der Waals surface area contributed by atoms with Gasteiger partial charge in [-0.25, -0.2) is 0 Å². The summed E-state index contributed by atoms with van der Waals surface area (Å²) in [6.07, 6.45) is 0. The molecule has 0 heterocycles. The van der Waals surface area contributed by atoms with E-state index >= 15 is 0 Å². The Morgan fingerprint density at radius 3 is 2.31 bits per heavy atom. The van der Waals surface area contributed by atoms with E-state index in [0.717, 1.165) is 0 Å². The molecule has 0 fully saturated rings. The summed E-state index contributed by atoms with van der Waals surface area (Å²) in [5.41, 5.74) is 1.42. The van der Waals surface area contributed by atoms with Crippen molar-refractivity contribution in [2.45, 2.75) is 4.44 Å². The first-order valence-corrected chi connectivity index (χ1v) is 9.18. The van der Waals surface area contributed by atoms with Crippen LogP contribution in [0.15, 0.2) is 48.5 Å². The molecule has 0 atom stereocenters. The van der Waals surface area contributed by atoms with Crippen molar-refractivity contribution in [1.29, 1.82) is 0 Å². The topological polar surface area (TPSA) is 0 Å². The maximum atomic E-state index is 5.99. The van der Waals surface area contributed by atoms with Crippen LogP contribution in [-0.2, 0) is 4.44 Å². The van der Waals surface area contributed by atoms with Gasteiger partial charge in [-0.15, -0.1) is 0 Å². The molecule has 0 amide bonds. The van der Waals surface area contributed by atoms with Gasteiger partial charge in [0, 0.05) is 0 Å². The SMILES string of the molecule is Clc1cc[c]([Sn][CH2]c2ccccc2)cc1Cl. The van der Waals surface area contributed by atoms with Gasteiger partial charge in [0.1, 0.15) is 0 Å². The third-order valence-electron chi connectivity index (χ3n) is 2.26. The average Bonchev–Trinajstić information content (AvgIpc) is 2.32. The summed E-state index contributed by atoms with van der Waals surface area (Å²) in [5.74, 6) is 0. The first-order valence-electron chi connectivity index (χ1n) is 4.98. The molecule has 0 saturated carbocycles. The molecule has 0 unspecified atom stereocenters. The van der Waals surface area contributed by atoms with Crippen molar-refractivity contribution in [3.8, 4) is 0 Å².